The maximum absolute atomic E-state index is 9.78. The van der Waals surface area contributed by atoms with E-state index in [-0.39, 0.29) is 17.2 Å². The van der Waals surface area contributed by atoms with Crippen LogP contribution in [0, 0.1) is 0 Å². The van der Waals surface area contributed by atoms with Gasteiger partial charge in [-0.3, -0.25) is 0 Å². The molecule has 3 nitrogen and oxygen atoms in total. The summed E-state index contributed by atoms with van der Waals surface area (Å²) < 4.78 is 0. The van der Waals surface area contributed by atoms with Gasteiger partial charge in [0.1, 0.15) is 17.2 Å². The Morgan fingerprint density at radius 2 is 0.906 bits per heavy atom. The quantitative estimate of drug-likeness (QED) is 0.310. The normalized spacial score (nSPS) is 12.4. The molecular formula is C29H28O3. The predicted molar refractivity (Wildman–Crippen MR) is 128 cm³/mol. The molecule has 0 aliphatic rings. The van der Waals surface area contributed by atoms with Gasteiger partial charge in [0, 0.05) is 5.41 Å². The van der Waals surface area contributed by atoms with E-state index < -0.39 is 5.41 Å². The second-order valence-corrected chi connectivity index (χ2v) is 8.61. The van der Waals surface area contributed by atoms with Crippen LogP contribution in [0.5, 0.6) is 17.2 Å². The maximum atomic E-state index is 9.78. The Morgan fingerprint density at radius 3 is 1.31 bits per heavy atom. The second kappa shape index (κ2) is 8.80. The van der Waals surface area contributed by atoms with Crippen molar-refractivity contribution >= 4 is 0 Å². The number of hydrogen-bond donors (Lipinski definition) is 3. The monoisotopic (exact) mass is 424 g/mol. The molecule has 4 aromatic carbocycles. The molecule has 3 N–H and O–H groups in total. The second-order valence-electron chi connectivity index (χ2n) is 8.61. The van der Waals surface area contributed by atoms with Crippen LogP contribution in [0.4, 0.5) is 0 Å². The first-order chi connectivity index (χ1) is 15.4. The Bertz CT molecular complexity index is 1110. The van der Waals surface area contributed by atoms with Gasteiger partial charge in [0.2, 0.25) is 0 Å². The van der Waals surface area contributed by atoms with Crippen LogP contribution < -0.4 is 0 Å². The minimum atomic E-state index is -0.442. The van der Waals surface area contributed by atoms with Crippen LogP contribution in [0.1, 0.15) is 47.6 Å². The van der Waals surface area contributed by atoms with Crippen molar-refractivity contribution in [3.8, 4) is 17.2 Å². The lowest BCUT2D eigenvalue weighted by Crippen LogP contribution is -2.25. The third kappa shape index (κ3) is 4.33. The molecule has 4 rings (SSSR count). The van der Waals surface area contributed by atoms with Crippen molar-refractivity contribution in [1.82, 2.24) is 0 Å². The Hall–Kier alpha value is -3.72. The fourth-order valence-corrected chi connectivity index (χ4v) is 4.34. The lowest BCUT2D eigenvalue weighted by molar-refractivity contribution is 0.474. The van der Waals surface area contributed by atoms with Crippen LogP contribution >= 0.6 is 0 Å². The number of hydrogen-bond acceptors (Lipinski definition) is 3. The average Bonchev–Trinajstić information content (AvgIpc) is 2.80. The number of phenols is 3. The smallest absolute Gasteiger partial charge is 0.115 e. The molecule has 1 atom stereocenters. The van der Waals surface area contributed by atoms with Gasteiger partial charge in [-0.15, -0.1) is 0 Å². The molecule has 0 fully saturated rings. The van der Waals surface area contributed by atoms with E-state index in [1.165, 1.54) is 11.1 Å². The molecule has 1 unspecified atom stereocenters. The predicted octanol–water partition coefficient (Wildman–Crippen LogP) is 6.50. The summed E-state index contributed by atoms with van der Waals surface area (Å²) >= 11 is 0. The van der Waals surface area contributed by atoms with E-state index in [2.05, 4.69) is 38.1 Å². The molecule has 0 radical (unpaired) electrons. The van der Waals surface area contributed by atoms with Crippen molar-refractivity contribution in [2.75, 3.05) is 0 Å². The number of aromatic hydroxyl groups is 3. The molecule has 0 amide bonds. The van der Waals surface area contributed by atoms with Gasteiger partial charge >= 0.3 is 0 Å². The number of rotatable bonds is 6. The number of benzene rings is 4. The molecule has 162 valence electrons. The summed E-state index contributed by atoms with van der Waals surface area (Å²) in [5.41, 5.74) is 5.26. The highest BCUT2D eigenvalue weighted by Crippen LogP contribution is 2.40. The lowest BCUT2D eigenvalue weighted by atomic mass is 9.71. The molecule has 0 aliphatic heterocycles. The fraction of sp³-hybridized carbons (Fsp3) is 0.172. The maximum Gasteiger partial charge on any atom is 0.115 e. The highest BCUT2D eigenvalue weighted by Gasteiger charge is 2.31. The van der Waals surface area contributed by atoms with E-state index in [9.17, 15) is 15.3 Å². The highest BCUT2D eigenvalue weighted by atomic mass is 16.3. The van der Waals surface area contributed by atoms with Gasteiger partial charge in [0.25, 0.3) is 0 Å². The first-order valence-corrected chi connectivity index (χ1v) is 10.8. The first kappa shape index (κ1) is 21.5. The van der Waals surface area contributed by atoms with Gasteiger partial charge in [-0.1, -0.05) is 67.6 Å². The van der Waals surface area contributed by atoms with Crippen LogP contribution in [-0.4, -0.2) is 15.3 Å². The Labute approximate surface area is 189 Å². The van der Waals surface area contributed by atoms with E-state index >= 15 is 0 Å². The Kier molecular flexibility index (Phi) is 5.91. The van der Waals surface area contributed by atoms with Crippen molar-refractivity contribution in [2.45, 2.75) is 31.6 Å². The molecular weight excluding hydrogens is 396 g/mol. The van der Waals surface area contributed by atoms with Gasteiger partial charge in [-0.05, 0) is 83.5 Å². The van der Waals surface area contributed by atoms with Gasteiger partial charge in [0.05, 0.1) is 0 Å². The highest BCUT2D eigenvalue weighted by molar-refractivity contribution is 5.51. The van der Waals surface area contributed by atoms with Gasteiger partial charge in [0.15, 0.2) is 0 Å². The Balaban J connectivity index is 1.66. The molecule has 0 aromatic heterocycles. The summed E-state index contributed by atoms with van der Waals surface area (Å²) in [5, 5.41) is 29.1. The van der Waals surface area contributed by atoms with E-state index in [4.69, 9.17) is 0 Å². The minimum absolute atomic E-state index is 0.236. The van der Waals surface area contributed by atoms with E-state index in [1.807, 2.05) is 36.4 Å². The SMILES string of the molecule is CC(Cc1ccc(C(C)(c2ccc(O)cc2)c2ccc(O)cc2)cc1)c1ccc(O)cc1. The zero-order valence-electron chi connectivity index (χ0n) is 18.4. The van der Waals surface area contributed by atoms with Crippen molar-refractivity contribution in [3.63, 3.8) is 0 Å². The van der Waals surface area contributed by atoms with Crippen LogP contribution in [0.15, 0.2) is 97.1 Å². The molecule has 0 bridgehead atoms. The summed E-state index contributed by atoms with van der Waals surface area (Å²) in [7, 11) is 0. The third-order valence-electron chi connectivity index (χ3n) is 6.42. The van der Waals surface area contributed by atoms with Crippen molar-refractivity contribution < 1.29 is 15.3 Å². The van der Waals surface area contributed by atoms with Gasteiger partial charge in [-0.25, -0.2) is 0 Å². The van der Waals surface area contributed by atoms with E-state index in [0.717, 1.165) is 23.1 Å². The molecule has 0 aliphatic carbocycles. The van der Waals surface area contributed by atoms with Gasteiger partial charge in [-0.2, -0.15) is 0 Å². The van der Waals surface area contributed by atoms with Crippen LogP contribution in [0.25, 0.3) is 0 Å². The zero-order chi connectivity index (χ0) is 22.7. The Morgan fingerprint density at radius 1 is 0.562 bits per heavy atom. The van der Waals surface area contributed by atoms with Crippen molar-refractivity contribution in [2.24, 2.45) is 0 Å². The van der Waals surface area contributed by atoms with Crippen LogP contribution in [0.3, 0.4) is 0 Å². The largest absolute Gasteiger partial charge is 0.508 e. The van der Waals surface area contributed by atoms with Crippen LogP contribution in [-0.2, 0) is 11.8 Å². The molecule has 3 heteroatoms. The topological polar surface area (TPSA) is 60.7 Å². The fourth-order valence-electron chi connectivity index (χ4n) is 4.34. The zero-order valence-corrected chi connectivity index (χ0v) is 18.4. The molecule has 0 spiro atoms. The van der Waals surface area contributed by atoms with Gasteiger partial charge < -0.3 is 15.3 Å². The van der Waals surface area contributed by atoms with E-state index in [0.29, 0.717) is 5.92 Å². The summed E-state index contributed by atoms with van der Waals surface area (Å²) in [5.74, 6) is 1.09. The molecule has 0 saturated heterocycles. The number of phenolic OH excluding ortho intramolecular Hbond substituents is 3. The molecule has 0 saturated carbocycles. The average molecular weight is 425 g/mol. The van der Waals surface area contributed by atoms with Crippen LogP contribution in [0.2, 0.25) is 0 Å². The minimum Gasteiger partial charge on any atom is -0.508 e. The standard InChI is InChI=1S/C29H28O3/c1-20(22-5-13-26(30)14-6-22)19-21-3-7-23(8-4-21)29(2,24-9-15-27(31)16-10-24)25-11-17-28(32)18-12-25/h3-18,20,30-32H,19H2,1-2H3. The van der Waals surface area contributed by atoms with Crippen molar-refractivity contribution in [1.29, 1.82) is 0 Å². The molecule has 0 heterocycles. The summed E-state index contributed by atoms with van der Waals surface area (Å²) in [6, 6.07) is 30.7. The summed E-state index contributed by atoms with van der Waals surface area (Å²) in [4.78, 5) is 0. The summed E-state index contributed by atoms with van der Waals surface area (Å²) in [6.07, 6.45) is 0.903. The summed E-state index contributed by atoms with van der Waals surface area (Å²) in [6.45, 7) is 4.36. The molecule has 32 heavy (non-hydrogen) atoms. The first-order valence-electron chi connectivity index (χ1n) is 10.8. The van der Waals surface area contributed by atoms with E-state index in [1.54, 1.807) is 36.4 Å². The molecule has 4 aromatic rings. The third-order valence-corrected chi connectivity index (χ3v) is 6.42. The van der Waals surface area contributed by atoms with Crippen molar-refractivity contribution in [3.05, 3.63) is 125 Å². The lowest BCUT2D eigenvalue weighted by Gasteiger charge is -2.32.